The molecule has 2 aromatic carbocycles. The zero-order chi connectivity index (χ0) is 26.4. The second kappa shape index (κ2) is 11.4. The number of rotatable bonds is 8. The third-order valence-electron chi connectivity index (χ3n) is 5.87. The number of hydrazone groups is 2. The lowest BCUT2D eigenvalue weighted by molar-refractivity contribution is -0.684. The van der Waals surface area contributed by atoms with Crippen LogP contribution < -0.4 is 20.3 Å². The fourth-order valence-electron chi connectivity index (χ4n) is 4.05. The highest BCUT2D eigenvalue weighted by Gasteiger charge is 2.41. The van der Waals surface area contributed by atoms with Gasteiger partial charge in [-0.15, -0.1) is 0 Å². The Balaban J connectivity index is 1.64. The number of carbonyl (C=O) groups excluding carboxylic acids is 3. The molecule has 1 aliphatic heterocycles. The normalized spacial score (nSPS) is 15.5. The van der Waals surface area contributed by atoms with Gasteiger partial charge in [-0.3, -0.25) is 14.4 Å². The van der Waals surface area contributed by atoms with Crippen molar-refractivity contribution in [3.05, 3.63) is 90.8 Å². The monoisotopic (exact) mass is 497 g/mol. The van der Waals surface area contributed by atoms with Gasteiger partial charge in [-0.25, -0.2) is 5.43 Å². The Kier molecular flexibility index (Phi) is 7.83. The maximum Gasteiger partial charge on any atom is 0.305 e. The Bertz CT molecular complexity index is 1350. The molecule has 1 atom stereocenters. The minimum atomic E-state index is -1.06. The van der Waals surface area contributed by atoms with Gasteiger partial charge < -0.3 is 5.32 Å². The standard InChI is InChI=1S/C28H28N6O3/c1-19(2)22-14-8-9-15-23(22)29-27(36)26(31-30-24(35)18-33-16-10-5-11-17-33)25-20(3)32-34(28(25)37)21-12-6-4-7-13-21/h4-17,19,25H,18H2,1-3H3,(H-,29,30,35,36)/p+1. The molecule has 9 heteroatoms. The zero-order valence-corrected chi connectivity index (χ0v) is 21.0. The van der Waals surface area contributed by atoms with Gasteiger partial charge in [0, 0.05) is 17.8 Å². The quantitative estimate of drug-likeness (QED) is 0.283. The highest BCUT2D eigenvalue weighted by molar-refractivity contribution is 6.52. The molecule has 0 saturated heterocycles. The summed E-state index contributed by atoms with van der Waals surface area (Å²) < 4.78 is 1.67. The van der Waals surface area contributed by atoms with Crippen molar-refractivity contribution in [1.82, 2.24) is 5.43 Å². The Labute approximate surface area is 215 Å². The molecule has 2 heterocycles. The highest BCUT2D eigenvalue weighted by Crippen LogP contribution is 2.27. The molecule has 1 aromatic heterocycles. The third-order valence-corrected chi connectivity index (χ3v) is 5.87. The molecule has 0 bridgehead atoms. The summed E-state index contributed by atoms with van der Waals surface area (Å²) in [6, 6.07) is 21.8. The smallest absolute Gasteiger partial charge is 0.305 e. The summed E-state index contributed by atoms with van der Waals surface area (Å²) in [5, 5.41) is 12.7. The van der Waals surface area contributed by atoms with Crippen LogP contribution in [0.3, 0.4) is 0 Å². The van der Waals surface area contributed by atoms with E-state index in [4.69, 9.17) is 0 Å². The number of nitrogens with zero attached hydrogens (tertiary/aromatic N) is 4. The van der Waals surface area contributed by atoms with Crippen molar-refractivity contribution >= 4 is 40.5 Å². The molecule has 0 saturated carbocycles. The average Bonchev–Trinajstić information content (AvgIpc) is 3.19. The molecular weight excluding hydrogens is 468 g/mol. The molecule has 3 aromatic rings. The fraction of sp³-hybridized carbons (Fsp3) is 0.214. The number of carbonyl (C=O) groups is 3. The molecule has 0 aliphatic carbocycles. The second-order valence-electron chi connectivity index (χ2n) is 8.94. The lowest BCUT2D eigenvalue weighted by atomic mass is 9.96. The molecule has 37 heavy (non-hydrogen) atoms. The first-order valence-electron chi connectivity index (χ1n) is 12.0. The number of benzene rings is 2. The van der Waals surface area contributed by atoms with Crippen LogP contribution in [0.15, 0.2) is 95.4 Å². The van der Waals surface area contributed by atoms with Crippen LogP contribution in [0.1, 0.15) is 32.3 Å². The number of hydrogen-bond donors (Lipinski definition) is 2. The summed E-state index contributed by atoms with van der Waals surface area (Å²) in [5.41, 5.74) is 4.82. The first kappa shape index (κ1) is 25.4. The molecule has 9 nitrogen and oxygen atoms in total. The van der Waals surface area contributed by atoms with Crippen molar-refractivity contribution in [2.24, 2.45) is 16.1 Å². The molecule has 0 spiro atoms. The van der Waals surface area contributed by atoms with Gasteiger partial charge in [0.05, 0.1) is 11.4 Å². The van der Waals surface area contributed by atoms with Crippen molar-refractivity contribution in [3.63, 3.8) is 0 Å². The Morgan fingerprint density at radius 3 is 2.35 bits per heavy atom. The number of anilines is 2. The van der Waals surface area contributed by atoms with Crippen LogP contribution in [0.5, 0.6) is 0 Å². The van der Waals surface area contributed by atoms with Crippen molar-refractivity contribution in [2.45, 2.75) is 33.2 Å². The molecular formula is C28H29N6O3+. The van der Waals surface area contributed by atoms with E-state index in [1.165, 1.54) is 5.01 Å². The van der Waals surface area contributed by atoms with Gasteiger partial charge in [-0.1, -0.05) is 56.3 Å². The van der Waals surface area contributed by atoms with E-state index in [0.29, 0.717) is 17.1 Å². The number of pyridine rings is 1. The summed E-state index contributed by atoms with van der Waals surface area (Å²) in [4.78, 5) is 39.6. The molecule has 1 unspecified atom stereocenters. The van der Waals surface area contributed by atoms with E-state index in [2.05, 4.69) is 20.9 Å². The Morgan fingerprint density at radius 1 is 1.00 bits per heavy atom. The topological polar surface area (TPSA) is 107 Å². The molecule has 1 aliphatic rings. The largest absolute Gasteiger partial charge is 0.321 e. The van der Waals surface area contributed by atoms with E-state index in [1.807, 2.05) is 44.2 Å². The van der Waals surface area contributed by atoms with Crippen molar-refractivity contribution in [1.29, 1.82) is 0 Å². The summed E-state index contributed by atoms with van der Waals surface area (Å²) in [5.74, 6) is -2.37. The van der Waals surface area contributed by atoms with Crippen LogP contribution in [0.25, 0.3) is 0 Å². The molecule has 4 rings (SSSR count). The van der Waals surface area contributed by atoms with Gasteiger partial charge in [0.15, 0.2) is 12.4 Å². The maximum atomic E-state index is 13.6. The van der Waals surface area contributed by atoms with E-state index in [9.17, 15) is 14.4 Å². The van der Waals surface area contributed by atoms with Gasteiger partial charge in [-0.05, 0) is 36.6 Å². The lowest BCUT2D eigenvalue weighted by Crippen LogP contribution is -2.43. The highest BCUT2D eigenvalue weighted by atomic mass is 16.2. The van der Waals surface area contributed by atoms with Crippen molar-refractivity contribution in [3.8, 4) is 0 Å². The third kappa shape index (κ3) is 5.95. The van der Waals surface area contributed by atoms with Crippen LogP contribution in [0.2, 0.25) is 0 Å². The number of para-hydroxylation sites is 2. The van der Waals surface area contributed by atoms with Crippen molar-refractivity contribution in [2.75, 3.05) is 10.3 Å². The van der Waals surface area contributed by atoms with Gasteiger partial charge in [-0.2, -0.15) is 19.8 Å². The summed E-state index contributed by atoms with van der Waals surface area (Å²) in [7, 11) is 0. The fourth-order valence-corrected chi connectivity index (χ4v) is 4.05. The average molecular weight is 498 g/mol. The maximum absolute atomic E-state index is 13.6. The van der Waals surface area contributed by atoms with E-state index < -0.39 is 23.6 Å². The van der Waals surface area contributed by atoms with Gasteiger partial charge in [0.1, 0.15) is 11.6 Å². The number of hydrogen-bond acceptors (Lipinski definition) is 5. The summed E-state index contributed by atoms with van der Waals surface area (Å²) in [6.45, 7) is 5.71. The molecule has 188 valence electrons. The van der Waals surface area contributed by atoms with Crippen LogP contribution >= 0.6 is 0 Å². The van der Waals surface area contributed by atoms with Crippen molar-refractivity contribution < 1.29 is 19.0 Å². The SMILES string of the molecule is CC1=NN(c2ccccc2)C(=O)C1/C(=N/NC(=O)C[n+]1ccccc1)C(=O)Nc1ccccc1C(C)C. The predicted molar refractivity (Wildman–Crippen MR) is 142 cm³/mol. The molecule has 2 N–H and O–H groups in total. The minimum absolute atomic E-state index is 0.00273. The van der Waals surface area contributed by atoms with Crippen LogP contribution in [0, 0.1) is 5.92 Å². The molecule has 3 amide bonds. The number of nitrogens with one attached hydrogen (secondary N) is 2. The van der Waals surface area contributed by atoms with Crippen LogP contribution in [-0.4, -0.2) is 29.1 Å². The lowest BCUT2D eigenvalue weighted by Gasteiger charge is -2.17. The molecule has 0 fully saturated rings. The van der Waals surface area contributed by atoms with Crippen LogP contribution in [-0.2, 0) is 20.9 Å². The number of aromatic nitrogens is 1. The first-order valence-corrected chi connectivity index (χ1v) is 12.0. The molecule has 0 radical (unpaired) electrons. The van der Waals surface area contributed by atoms with Gasteiger partial charge >= 0.3 is 5.91 Å². The Hall–Kier alpha value is -4.66. The summed E-state index contributed by atoms with van der Waals surface area (Å²) >= 11 is 0. The van der Waals surface area contributed by atoms with Crippen LogP contribution in [0.4, 0.5) is 11.4 Å². The van der Waals surface area contributed by atoms with E-state index in [-0.39, 0.29) is 18.2 Å². The van der Waals surface area contributed by atoms with E-state index in [1.54, 1.807) is 66.3 Å². The predicted octanol–water partition coefficient (Wildman–Crippen LogP) is 3.25. The summed E-state index contributed by atoms with van der Waals surface area (Å²) in [6.07, 6.45) is 3.49. The minimum Gasteiger partial charge on any atom is -0.321 e. The van der Waals surface area contributed by atoms with Gasteiger partial charge in [0.2, 0.25) is 6.54 Å². The van der Waals surface area contributed by atoms with E-state index in [0.717, 1.165) is 5.56 Å². The van der Waals surface area contributed by atoms with Gasteiger partial charge in [0.25, 0.3) is 11.8 Å². The van der Waals surface area contributed by atoms with E-state index >= 15 is 0 Å². The number of amides is 3. The second-order valence-corrected chi connectivity index (χ2v) is 8.94. The Morgan fingerprint density at radius 2 is 1.65 bits per heavy atom. The zero-order valence-electron chi connectivity index (χ0n) is 21.0. The first-order chi connectivity index (χ1) is 17.8.